The summed E-state index contributed by atoms with van der Waals surface area (Å²) in [5.74, 6) is 1.59. The van der Waals surface area contributed by atoms with Crippen molar-refractivity contribution in [3.05, 3.63) is 53.1 Å². The molecule has 0 aliphatic rings. The van der Waals surface area contributed by atoms with Crippen molar-refractivity contribution < 1.29 is 18.0 Å². The van der Waals surface area contributed by atoms with Gasteiger partial charge in [0.2, 0.25) is 21.8 Å². The van der Waals surface area contributed by atoms with Gasteiger partial charge in [-0.15, -0.1) is 6.42 Å². The summed E-state index contributed by atoms with van der Waals surface area (Å²) in [7, 11) is -2.68. The number of nitrogens with zero attached hydrogens (tertiary/aromatic N) is 1. The average molecular weight is 420 g/mol. The van der Waals surface area contributed by atoms with E-state index in [0.29, 0.717) is 16.9 Å². The van der Waals surface area contributed by atoms with Crippen LogP contribution in [0.4, 0.5) is 11.4 Å². The molecule has 0 aromatic heterocycles. The van der Waals surface area contributed by atoms with Gasteiger partial charge in [0.05, 0.1) is 22.2 Å². The lowest BCUT2D eigenvalue weighted by molar-refractivity contribution is -0.116. The molecule has 28 heavy (non-hydrogen) atoms. The van der Waals surface area contributed by atoms with Crippen LogP contribution in [0.15, 0.2) is 47.4 Å². The number of halogens is 1. The predicted molar refractivity (Wildman–Crippen MR) is 109 cm³/mol. The van der Waals surface area contributed by atoms with Gasteiger partial charge in [-0.3, -0.25) is 9.59 Å². The van der Waals surface area contributed by atoms with Crippen molar-refractivity contribution in [1.29, 1.82) is 0 Å². The SMILES string of the molecule is C#Cc1cccc(NC(=O)CN(C)S(=O)(=O)c2ccc(NC(C)=O)c(Cl)c2)c1. The first kappa shape index (κ1) is 21.4. The molecule has 0 saturated heterocycles. The average Bonchev–Trinajstić information content (AvgIpc) is 2.62. The molecule has 9 heteroatoms. The van der Waals surface area contributed by atoms with E-state index in [4.69, 9.17) is 18.0 Å². The Morgan fingerprint density at radius 2 is 1.89 bits per heavy atom. The Morgan fingerprint density at radius 1 is 1.18 bits per heavy atom. The summed E-state index contributed by atoms with van der Waals surface area (Å²) in [5.41, 5.74) is 1.35. The van der Waals surface area contributed by atoms with Gasteiger partial charge in [-0.1, -0.05) is 23.6 Å². The summed E-state index contributed by atoms with van der Waals surface area (Å²) in [4.78, 5) is 23.2. The fourth-order valence-corrected chi connectivity index (χ4v) is 3.75. The van der Waals surface area contributed by atoms with E-state index in [1.165, 1.54) is 32.2 Å². The minimum atomic E-state index is -3.96. The number of anilines is 2. The molecule has 0 saturated carbocycles. The number of terminal acetylenes is 1. The molecule has 2 N–H and O–H groups in total. The molecule has 2 aromatic carbocycles. The second kappa shape index (κ2) is 8.89. The maximum Gasteiger partial charge on any atom is 0.243 e. The lowest BCUT2D eigenvalue weighted by Crippen LogP contribution is -2.35. The van der Waals surface area contributed by atoms with Gasteiger partial charge < -0.3 is 10.6 Å². The van der Waals surface area contributed by atoms with Gasteiger partial charge in [0.1, 0.15) is 0 Å². The van der Waals surface area contributed by atoms with E-state index in [-0.39, 0.29) is 15.8 Å². The third-order valence-corrected chi connectivity index (χ3v) is 5.75. The lowest BCUT2D eigenvalue weighted by atomic mass is 10.2. The van der Waals surface area contributed by atoms with Gasteiger partial charge >= 0.3 is 0 Å². The number of nitrogens with one attached hydrogen (secondary N) is 2. The summed E-state index contributed by atoms with van der Waals surface area (Å²) < 4.78 is 26.3. The van der Waals surface area contributed by atoms with Gasteiger partial charge in [-0.05, 0) is 36.4 Å². The highest BCUT2D eigenvalue weighted by molar-refractivity contribution is 7.89. The van der Waals surface area contributed by atoms with E-state index < -0.39 is 22.5 Å². The summed E-state index contributed by atoms with van der Waals surface area (Å²) in [5, 5.41) is 5.16. The molecule has 0 aliphatic carbocycles. The monoisotopic (exact) mass is 419 g/mol. The highest BCUT2D eigenvalue weighted by Gasteiger charge is 2.24. The second-order valence-electron chi connectivity index (χ2n) is 5.86. The molecular weight excluding hydrogens is 402 g/mol. The zero-order chi connectivity index (χ0) is 20.9. The Hall–Kier alpha value is -2.86. The molecule has 0 aliphatic heterocycles. The van der Waals surface area contributed by atoms with E-state index in [1.807, 2.05) is 0 Å². The number of sulfonamides is 1. The molecule has 0 heterocycles. The van der Waals surface area contributed by atoms with E-state index in [2.05, 4.69) is 16.6 Å². The van der Waals surface area contributed by atoms with Crippen molar-refractivity contribution in [2.45, 2.75) is 11.8 Å². The number of hydrogen-bond donors (Lipinski definition) is 2. The molecule has 0 atom stereocenters. The van der Waals surface area contributed by atoms with Crippen LogP contribution in [-0.2, 0) is 19.6 Å². The van der Waals surface area contributed by atoms with E-state index >= 15 is 0 Å². The smallest absolute Gasteiger partial charge is 0.243 e. The number of carbonyl (C=O) groups is 2. The van der Waals surface area contributed by atoms with Crippen molar-refractivity contribution in [3.63, 3.8) is 0 Å². The quantitative estimate of drug-likeness (QED) is 0.703. The molecule has 0 unspecified atom stereocenters. The van der Waals surface area contributed by atoms with Gasteiger partial charge in [0.15, 0.2) is 0 Å². The number of amides is 2. The number of likely N-dealkylation sites (N-methyl/N-ethyl adjacent to an activating group) is 1. The van der Waals surface area contributed by atoms with Gasteiger partial charge in [-0.2, -0.15) is 4.31 Å². The van der Waals surface area contributed by atoms with Crippen LogP contribution in [0.3, 0.4) is 0 Å². The molecule has 0 bridgehead atoms. The summed E-state index contributed by atoms with van der Waals surface area (Å²) >= 11 is 6.03. The topological polar surface area (TPSA) is 95.6 Å². The standard InChI is InChI=1S/C19H18ClN3O4S/c1-4-14-6-5-7-15(10-14)22-19(25)12-23(3)28(26,27)16-8-9-18(17(20)11-16)21-13(2)24/h1,5-11H,12H2,2-3H3,(H,21,24)(H,22,25). The molecule has 0 spiro atoms. The van der Waals surface area contributed by atoms with Crippen LogP contribution in [0.25, 0.3) is 0 Å². The van der Waals surface area contributed by atoms with Gasteiger partial charge in [0, 0.05) is 25.2 Å². The number of benzene rings is 2. The van der Waals surface area contributed by atoms with Crippen molar-refractivity contribution in [3.8, 4) is 12.3 Å². The molecule has 146 valence electrons. The zero-order valence-electron chi connectivity index (χ0n) is 15.2. The first-order valence-corrected chi connectivity index (χ1v) is 9.85. The first-order chi connectivity index (χ1) is 13.1. The van der Waals surface area contributed by atoms with E-state index in [9.17, 15) is 18.0 Å². The van der Waals surface area contributed by atoms with Crippen LogP contribution in [-0.4, -0.2) is 38.1 Å². The number of hydrogen-bond acceptors (Lipinski definition) is 4. The minimum absolute atomic E-state index is 0.0697. The Bertz CT molecular complexity index is 1060. The van der Waals surface area contributed by atoms with Gasteiger partial charge in [-0.25, -0.2) is 8.42 Å². The summed E-state index contributed by atoms with van der Waals surface area (Å²) in [6, 6.07) is 10.5. The maximum absolute atomic E-state index is 12.7. The summed E-state index contributed by atoms with van der Waals surface area (Å²) in [6.07, 6.45) is 5.32. The second-order valence-corrected chi connectivity index (χ2v) is 8.31. The molecule has 2 aromatic rings. The van der Waals surface area contributed by atoms with Crippen LogP contribution in [0.5, 0.6) is 0 Å². The Kier molecular flexibility index (Phi) is 6.80. The predicted octanol–water partition coefficient (Wildman–Crippen LogP) is 2.54. The fraction of sp³-hybridized carbons (Fsp3) is 0.158. The molecule has 0 fully saturated rings. The van der Waals surface area contributed by atoms with E-state index in [0.717, 1.165) is 4.31 Å². The molecule has 2 amide bonds. The zero-order valence-corrected chi connectivity index (χ0v) is 16.8. The van der Waals surface area contributed by atoms with Crippen LogP contribution in [0.2, 0.25) is 5.02 Å². The highest BCUT2D eigenvalue weighted by atomic mass is 35.5. The van der Waals surface area contributed by atoms with Gasteiger partial charge in [0.25, 0.3) is 0 Å². The van der Waals surface area contributed by atoms with Crippen LogP contribution in [0.1, 0.15) is 12.5 Å². The van der Waals surface area contributed by atoms with E-state index in [1.54, 1.807) is 24.3 Å². The number of rotatable bonds is 6. The van der Waals surface area contributed by atoms with Crippen molar-refractivity contribution in [2.75, 3.05) is 24.2 Å². The van der Waals surface area contributed by atoms with Crippen LogP contribution < -0.4 is 10.6 Å². The molecule has 7 nitrogen and oxygen atoms in total. The highest BCUT2D eigenvalue weighted by Crippen LogP contribution is 2.26. The minimum Gasteiger partial charge on any atom is -0.325 e. The third-order valence-electron chi connectivity index (χ3n) is 3.64. The third kappa shape index (κ3) is 5.33. The maximum atomic E-state index is 12.7. The normalized spacial score (nSPS) is 11.0. The van der Waals surface area contributed by atoms with Crippen LogP contribution in [0, 0.1) is 12.3 Å². The fourth-order valence-electron chi connectivity index (χ4n) is 2.30. The summed E-state index contributed by atoms with van der Waals surface area (Å²) in [6.45, 7) is 0.903. The van der Waals surface area contributed by atoms with Crippen molar-refractivity contribution in [2.24, 2.45) is 0 Å². The lowest BCUT2D eigenvalue weighted by Gasteiger charge is -2.17. The Labute approximate surface area is 168 Å². The first-order valence-electron chi connectivity index (χ1n) is 8.03. The largest absolute Gasteiger partial charge is 0.325 e. The Balaban J connectivity index is 2.12. The van der Waals surface area contributed by atoms with Crippen molar-refractivity contribution >= 4 is 44.8 Å². The van der Waals surface area contributed by atoms with Crippen LogP contribution >= 0.6 is 11.6 Å². The molecule has 0 radical (unpaired) electrons. The molecular formula is C19H18ClN3O4S. The number of carbonyl (C=O) groups excluding carboxylic acids is 2. The molecule has 2 rings (SSSR count). The van der Waals surface area contributed by atoms with Crippen molar-refractivity contribution in [1.82, 2.24) is 4.31 Å². The Morgan fingerprint density at radius 3 is 2.50 bits per heavy atom.